The van der Waals surface area contributed by atoms with Crippen LogP contribution in [0.15, 0.2) is 18.2 Å². The molecule has 0 aromatic heterocycles. The first-order valence-corrected chi connectivity index (χ1v) is 5.24. The Morgan fingerprint density at radius 1 is 1.47 bits per heavy atom. The summed E-state index contributed by atoms with van der Waals surface area (Å²) in [4.78, 5) is 1.94. The lowest BCUT2D eigenvalue weighted by Gasteiger charge is -2.21. The molecule has 0 saturated heterocycles. The number of anilines is 1. The standard InChI is InChI=1S/C11H17ClN2O/c1-13-7-10(15)11-8(12)5-4-6-9(11)14(2)3/h4-6,10,13,15H,7H2,1-3H3. The summed E-state index contributed by atoms with van der Waals surface area (Å²) >= 11 is 6.09. The van der Waals surface area contributed by atoms with Crippen LogP contribution in [0.3, 0.4) is 0 Å². The maximum absolute atomic E-state index is 9.96. The van der Waals surface area contributed by atoms with Gasteiger partial charge in [0, 0.05) is 36.9 Å². The van der Waals surface area contributed by atoms with Gasteiger partial charge in [-0.25, -0.2) is 0 Å². The van der Waals surface area contributed by atoms with Crippen LogP contribution in [0.4, 0.5) is 5.69 Å². The summed E-state index contributed by atoms with van der Waals surface area (Å²) in [6.07, 6.45) is -0.582. The number of hydrogen-bond donors (Lipinski definition) is 2. The van der Waals surface area contributed by atoms with Crippen molar-refractivity contribution in [1.82, 2.24) is 5.32 Å². The number of aliphatic hydroxyl groups excluding tert-OH is 1. The first kappa shape index (κ1) is 12.3. The Hall–Kier alpha value is -0.770. The maximum Gasteiger partial charge on any atom is 0.0948 e. The molecule has 0 radical (unpaired) electrons. The van der Waals surface area contributed by atoms with E-state index in [9.17, 15) is 5.11 Å². The van der Waals surface area contributed by atoms with Crippen LogP contribution < -0.4 is 10.2 Å². The van der Waals surface area contributed by atoms with Gasteiger partial charge in [-0.2, -0.15) is 0 Å². The second-order valence-corrected chi connectivity index (χ2v) is 4.05. The first-order valence-electron chi connectivity index (χ1n) is 4.86. The topological polar surface area (TPSA) is 35.5 Å². The molecule has 1 aromatic carbocycles. The van der Waals surface area contributed by atoms with Gasteiger partial charge < -0.3 is 15.3 Å². The van der Waals surface area contributed by atoms with Gasteiger partial charge in [0.15, 0.2) is 0 Å². The number of benzene rings is 1. The summed E-state index contributed by atoms with van der Waals surface area (Å²) in [5, 5.41) is 13.5. The first-order chi connectivity index (χ1) is 7.07. The van der Waals surface area contributed by atoms with Gasteiger partial charge in [0.05, 0.1) is 6.10 Å². The molecule has 0 amide bonds. The van der Waals surface area contributed by atoms with E-state index in [4.69, 9.17) is 11.6 Å². The van der Waals surface area contributed by atoms with Crippen molar-refractivity contribution in [2.45, 2.75) is 6.10 Å². The highest BCUT2D eigenvalue weighted by atomic mass is 35.5. The number of hydrogen-bond acceptors (Lipinski definition) is 3. The fraction of sp³-hybridized carbons (Fsp3) is 0.455. The van der Waals surface area contributed by atoms with Crippen molar-refractivity contribution in [1.29, 1.82) is 0 Å². The minimum absolute atomic E-state index is 0.491. The van der Waals surface area contributed by atoms with Crippen molar-refractivity contribution in [2.75, 3.05) is 32.6 Å². The Morgan fingerprint density at radius 3 is 2.67 bits per heavy atom. The zero-order valence-corrected chi connectivity index (χ0v) is 10.0. The van der Waals surface area contributed by atoms with E-state index in [0.29, 0.717) is 11.6 Å². The average molecular weight is 229 g/mol. The smallest absolute Gasteiger partial charge is 0.0948 e. The normalized spacial score (nSPS) is 12.6. The summed E-state index contributed by atoms with van der Waals surface area (Å²) in [5.74, 6) is 0. The minimum atomic E-state index is -0.582. The molecule has 0 aliphatic heterocycles. The van der Waals surface area contributed by atoms with E-state index in [-0.39, 0.29) is 0 Å². The number of nitrogens with zero attached hydrogens (tertiary/aromatic N) is 1. The summed E-state index contributed by atoms with van der Waals surface area (Å²) in [6.45, 7) is 0.491. The molecule has 0 heterocycles. The molecule has 1 atom stereocenters. The molecular weight excluding hydrogens is 212 g/mol. The number of nitrogens with one attached hydrogen (secondary N) is 1. The molecule has 15 heavy (non-hydrogen) atoms. The average Bonchev–Trinajstić information content (AvgIpc) is 2.17. The van der Waals surface area contributed by atoms with E-state index < -0.39 is 6.10 Å². The molecule has 0 aliphatic rings. The highest BCUT2D eigenvalue weighted by molar-refractivity contribution is 6.31. The summed E-state index contributed by atoms with van der Waals surface area (Å²) in [7, 11) is 5.66. The van der Waals surface area contributed by atoms with Gasteiger partial charge in [-0.3, -0.25) is 0 Å². The van der Waals surface area contributed by atoms with Crippen LogP contribution in [-0.2, 0) is 0 Å². The molecular formula is C11H17ClN2O. The Morgan fingerprint density at radius 2 is 2.13 bits per heavy atom. The number of rotatable bonds is 4. The van der Waals surface area contributed by atoms with Crippen LogP contribution in [0.5, 0.6) is 0 Å². The number of aliphatic hydroxyl groups is 1. The van der Waals surface area contributed by atoms with Crippen molar-refractivity contribution in [3.63, 3.8) is 0 Å². The second kappa shape index (κ2) is 5.35. The van der Waals surface area contributed by atoms with Crippen LogP contribution in [0, 0.1) is 0 Å². The molecule has 3 nitrogen and oxygen atoms in total. The predicted octanol–water partition coefficient (Wildman–Crippen LogP) is 1.66. The summed E-state index contributed by atoms with van der Waals surface area (Å²) < 4.78 is 0. The van der Waals surface area contributed by atoms with Crippen molar-refractivity contribution in [3.05, 3.63) is 28.8 Å². The van der Waals surface area contributed by atoms with Crippen molar-refractivity contribution in [2.24, 2.45) is 0 Å². The van der Waals surface area contributed by atoms with E-state index in [2.05, 4.69) is 5.32 Å². The Bertz CT molecular complexity index is 328. The van der Waals surface area contributed by atoms with Crippen LogP contribution in [0.2, 0.25) is 5.02 Å². The molecule has 1 aromatic rings. The predicted molar refractivity (Wildman–Crippen MR) is 64.7 cm³/mol. The van der Waals surface area contributed by atoms with Crippen molar-refractivity contribution >= 4 is 17.3 Å². The van der Waals surface area contributed by atoms with Crippen LogP contribution >= 0.6 is 11.6 Å². The minimum Gasteiger partial charge on any atom is -0.387 e. The van der Waals surface area contributed by atoms with E-state index in [0.717, 1.165) is 11.3 Å². The molecule has 0 fully saturated rings. The van der Waals surface area contributed by atoms with Crippen molar-refractivity contribution in [3.8, 4) is 0 Å². The van der Waals surface area contributed by atoms with Crippen molar-refractivity contribution < 1.29 is 5.11 Å². The lowest BCUT2D eigenvalue weighted by molar-refractivity contribution is 0.178. The molecule has 4 heteroatoms. The molecule has 0 spiro atoms. The molecule has 0 saturated carbocycles. The highest BCUT2D eigenvalue weighted by Gasteiger charge is 2.16. The van der Waals surface area contributed by atoms with Crippen LogP contribution in [-0.4, -0.2) is 32.8 Å². The SMILES string of the molecule is CNCC(O)c1c(Cl)cccc1N(C)C. The van der Waals surface area contributed by atoms with Crippen LogP contribution in [0.1, 0.15) is 11.7 Å². The molecule has 1 unspecified atom stereocenters. The third-order valence-electron chi connectivity index (χ3n) is 2.24. The van der Waals surface area contributed by atoms with E-state index in [1.54, 1.807) is 13.1 Å². The Balaban J connectivity index is 3.12. The third-order valence-corrected chi connectivity index (χ3v) is 2.57. The lowest BCUT2D eigenvalue weighted by Crippen LogP contribution is -2.20. The zero-order chi connectivity index (χ0) is 11.4. The fourth-order valence-electron chi connectivity index (χ4n) is 1.54. The monoisotopic (exact) mass is 228 g/mol. The third kappa shape index (κ3) is 2.84. The van der Waals surface area contributed by atoms with Gasteiger partial charge in [-0.1, -0.05) is 17.7 Å². The van der Waals surface area contributed by atoms with Gasteiger partial charge in [0.1, 0.15) is 0 Å². The number of halogens is 1. The quantitative estimate of drug-likeness (QED) is 0.823. The van der Waals surface area contributed by atoms with Gasteiger partial charge in [0.25, 0.3) is 0 Å². The van der Waals surface area contributed by atoms with Gasteiger partial charge in [0.2, 0.25) is 0 Å². The van der Waals surface area contributed by atoms with E-state index in [1.807, 2.05) is 31.1 Å². The van der Waals surface area contributed by atoms with Gasteiger partial charge >= 0.3 is 0 Å². The molecule has 1 rings (SSSR count). The number of likely N-dealkylation sites (N-methyl/N-ethyl adjacent to an activating group) is 1. The summed E-state index contributed by atoms with van der Waals surface area (Å²) in [5.41, 5.74) is 1.73. The fourth-order valence-corrected chi connectivity index (χ4v) is 1.84. The zero-order valence-electron chi connectivity index (χ0n) is 9.29. The molecule has 0 aliphatic carbocycles. The molecule has 2 N–H and O–H groups in total. The highest BCUT2D eigenvalue weighted by Crippen LogP contribution is 2.31. The Labute approximate surface area is 95.7 Å². The summed E-state index contributed by atoms with van der Waals surface area (Å²) in [6, 6.07) is 5.62. The molecule has 84 valence electrons. The lowest BCUT2D eigenvalue weighted by atomic mass is 10.1. The Kier molecular flexibility index (Phi) is 4.39. The maximum atomic E-state index is 9.96. The van der Waals surface area contributed by atoms with E-state index >= 15 is 0 Å². The van der Waals surface area contributed by atoms with Gasteiger partial charge in [-0.05, 0) is 19.2 Å². The van der Waals surface area contributed by atoms with Gasteiger partial charge in [-0.15, -0.1) is 0 Å². The second-order valence-electron chi connectivity index (χ2n) is 3.64. The van der Waals surface area contributed by atoms with Crippen LogP contribution in [0.25, 0.3) is 0 Å². The van der Waals surface area contributed by atoms with E-state index in [1.165, 1.54) is 0 Å². The largest absolute Gasteiger partial charge is 0.387 e. The molecule has 0 bridgehead atoms.